The van der Waals surface area contributed by atoms with E-state index in [-0.39, 0.29) is 5.84 Å². The fourth-order valence-corrected chi connectivity index (χ4v) is 2.61. The van der Waals surface area contributed by atoms with E-state index in [1.807, 2.05) is 30.3 Å². The molecule has 2 aromatic rings. The molecule has 0 spiro atoms. The quantitative estimate of drug-likeness (QED) is 0.652. The Kier molecular flexibility index (Phi) is 4.29. The Morgan fingerprint density at radius 2 is 1.68 bits per heavy atom. The van der Waals surface area contributed by atoms with Crippen LogP contribution in [0.2, 0.25) is 0 Å². The third-order valence-corrected chi connectivity index (χ3v) is 3.88. The molecule has 1 aliphatic heterocycles. The van der Waals surface area contributed by atoms with Gasteiger partial charge in [-0.1, -0.05) is 24.3 Å². The van der Waals surface area contributed by atoms with Crippen molar-refractivity contribution in [3.63, 3.8) is 0 Å². The van der Waals surface area contributed by atoms with E-state index in [0.717, 1.165) is 44.2 Å². The number of amidine groups is 1. The average molecular weight is 296 g/mol. The number of piperazine rings is 1. The standard InChI is InChI=1S/C16H20N6/c17-15(18)14-4-2-13(3-5-14)12-21-8-10-22(11-9-21)16-19-6-1-7-20-16/h1-7H,8-12H2,(H3,17,18). The Morgan fingerprint density at radius 3 is 2.27 bits per heavy atom. The molecular formula is C16H20N6. The lowest BCUT2D eigenvalue weighted by molar-refractivity contribution is 0.248. The first kappa shape index (κ1) is 14.5. The zero-order valence-electron chi connectivity index (χ0n) is 12.4. The fourth-order valence-electron chi connectivity index (χ4n) is 2.61. The molecule has 1 aliphatic rings. The lowest BCUT2D eigenvalue weighted by atomic mass is 10.1. The van der Waals surface area contributed by atoms with Gasteiger partial charge in [-0.2, -0.15) is 0 Å². The summed E-state index contributed by atoms with van der Waals surface area (Å²) in [5.74, 6) is 0.927. The number of aromatic nitrogens is 2. The number of benzene rings is 1. The van der Waals surface area contributed by atoms with Gasteiger partial charge in [-0.15, -0.1) is 0 Å². The molecule has 3 rings (SSSR count). The largest absolute Gasteiger partial charge is 0.384 e. The van der Waals surface area contributed by atoms with Crippen molar-refractivity contribution in [3.8, 4) is 0 Å². The van der Waals surface area contributed by atoms with Gasteiger partial charge in [-0.05, 0) is 11.6 Å². The van der Waals surface area contributed by atoms with Crippen molar-refractivity contribution < 1.29 is 0 Å². The van der Waals surface area contributed by atoms with Crippen LogP contribution in [0.5, 0.6) is 0 Å². The maximum Gasteiger partial charge on any atom is 0.225 e. The SMILES string of the molecule is N=C(N)c1ccc(CN2CCN(c3ncccn3)CC2)cc1. The van der Waals surface area contributed by atoms with E-state index in [9.17, 15) is 0 Å². The number of rotatable bonds is 4. The highest BCUT2D eigenvalue weighted by molar-refractivity contribution is 5.94. The van der Waals surface area contributed by atoms with Gasteiger partial charge in [0.15, 0.2) is 0 Å². The summed E-state index contributed by atoms with van der Waals surface area (Å²) in [6, 6.07) is 9.74. The second kappa shape index (κ2) is 6.53. The summed E-state index contributed by atoms with van der Waals surface area (Å²) in [4.78, 5) is 13.2. The maximum absolute atomic E-state index is 7.41. The Morgan fingerprint density at radius 1 is 1.05 bits per heavy atom. The maximum atomic E-state index is 7.41. The Labute approximate surface area is 130 Å². The molecule has 1 aromatic carbocycles. The summed E-state index contributed by atoms with van der Waals surface area (Å²) in [5.41, 5.74) is 7.49. The van der Waals surface area contributed by atoms with Crippen molar-refractivity contribution in [2.75, 3.05) is 31.1 Å². The summed E-state index contributed by atoms with van der Waals surface area (Å²) in [7, 11) is 0. The van der Waals surface area contributed by atoms with Crippen LogP contribution >= 0.6 is 0 Å². The van der Waals surface area contributed by atoms with E-state index < -0.39 is 0 Å². The molecule has 1 saturated heterocycles. The minimum Gasteiger partial charge on any atom is -0.384 e. The molecule has 2 heterocycles. The topological polar surface area (TPSA) is 82.1 Å². The van der Waals surface area contributed by atoms with Gasteiger partial charge in [0, 0.05) is 50.7 Å². The summed E-state index contributed by atoms with van der Waals surface area (Å²) in [6.07, 6.45) is 3.57. The molecule has 1 fully saturated rings. The average Bonchev–Trinajstić information content (AvgIpc) is 2.57. The van der Waals surface area contributed by atoms with E-state index in [0.29, 0.717) is 0 Å². The monoisotopic (exact) mass is 296 g/mol. The van der Waals surface area contributed by atoms with Crippen molar-refractivity contribution in [2.45, 2.75) is 6.54 Å². The lowest BCUT2D eigenvalue weighted by Gasteiger charge is -2.34. The summed E-state index contributed by atoms with van der Waals surface area (Å²) in [5, 5.41) is 7.41. The van der Waals surface area contributed by atoms with Crippen molar-refractivity contribution >= 4 is 11.8 Å². The van der Waals surface area contributed by atoms with Crippen LogP contribution in [-0.2, 0) is 6.54 Å². The van der Waals surface area contributed by atoms with Gasteiger partial charge >= 0.3 is 0 Å². The van der Waals surface area contributed by atoms with E-state index in [1.54, 1.807) is 12.4 Å². The van der Waals surface area contributed by atoms with Crippen molar-refractivity contribution in [2.24, 2.45) is 5.73 Å². The van der Waals surface area contributed by atoms with Gasteiger partial charge in [0.2, 0.25) is 5.95 Å². The minimum atomic E-state index is 0.114. The van der Waals surface area contributed by atoms with Crippen LogP contribution in [0.25, 0.3) is 0 Å². The molecule has 6 nitrogen and oxygen atoms in total. The highest BCUT2D eigenvalue weighted by Crippen LogP contribution is 2.13. The Bertz CT molecular complexity index is 617. The number of nitrogens with one attached hydrogen (secondary N) is 1. The van der Waals surface area contributed by atoms with Crippen LogP contribution in [0.15, 0.2) is 42.7 Å². The highest BCUT2D eigenvalue weighted by Gasteiger charge is 2.18. The van der Waals surface area contributed by atoms with Crippen molar-refractivity contribution in [1.82, 2.24) is 14.9 Å². The fraction of sp³-hybridized carbons (Fsp3) is 0.312. The molecule has 3 N–H and O–H groups in total. The molecule has 114 valence electrons. The molecule has 22 heavy (non-hydrogen) atoms. The van der Waals surface area contributed by atoms with E-state index in [1.165, 1.54) is 5.56 Å². The van der Waals surface area contributed by atoms with Crippen molar-refractivity contribution in [1.29, 1.82) is 5.41 Å². The van der Waals surface area contributed by atoms with E-state index >= 15 is 0 Å². The zero-order chi connectivity index (χ0) is 15.4. The number of hydrogen-bond acceptors (Lipinski definition) is 5. The Balaban J connectivity index is 1.54. The third kappa shape index (κ3) is 3.40. The minimum absolute atomic E-state index is 0.114. The van der Waals surface area contributed by atoms with Gasteiger partial charge in [0.1, 0.15) is 5.84 Å². The van der Waals surface area contributed by atoms with Gasteiger partial charge < -0.3 is 10.6 Å². The third-order valence-electron chi connectivity index (χ3n) is 3.88. The van der Waals surface area contributed by atoms with Gasteiger partial charge in [0.05, 0.1) is 0 Å². The van der Waals surface area contributed by atoms with E-state index in [4.69, 9.17) is 11.1 Å². The molecule has 0 amide bonds. The summed E-state index contributed by atoms with van der Waals surface area (Å²) >= 11 is 0. The van der Waals surface area contributed by atoms with Crippen LogP contribution in [0.1, 0.15) is 11.1 Å². The predicted octanol–water partition coefficient (Wildman–Crippen LogP) is 1.08. The molecule has 0 saturated carbocycles. The molecule has 1 aromatic heterocycles. The van der Waals surface area contributed by atoms with Crippen LogP contribution < -0.4 is 10.6 Å². The first-order chi connectivity index (χ1) is 10.7. The van der Waals surface area contributed by atoms with Crippen molar-refractivity contribution in [3.05, 3.63) is 53.9 Å². The smallest absolute Gasteiger partial charge is 0.225 e. The number of nitrogens with zero attached hydrogens (tertiary/aromatic N) is 4. The normalized spacial score (nSPS) is 15.7. The molecule has 0 aliphatic carbocycles. The molecule has 0 unspecified atom stereocenters. The molecule has 0 radical (unpaired) electrons. The van der Waals surface area contributed by atoms with Crippen LogP contribution in [0.4, 0.5) is 5.95 Å². The van der Waals surface area contributed by atoms with Crippen LogP contribution in [-0.4, -0.2) is 46.9 Å². The highest BCUT2D eigenvalue weighted by atomic mass is 15.3. The second-order valence-corrected chi connectivity index (χ2v) is 5.42. The second-order valence-electron chi connectivity index (χ2n) is 5.42. The van der Waals surface area contributed by atoms with Gasteiger partial charge in [0.25, 0.3) is 0 Å². The number of anilines is 1. The molecule has 0 atom stereocenters. The Hall–Kier alpha value is -2.47. The number of nitrogens with two attached hydrogens (primary N) is 1. The first-order valence-corrected chi connectivity index (χ1v) is 7.40. The van der Waals surface area contributed by atoms with Gasteiger partial charge in [-0.3, -0.25) is 10.3 Å². The molecular weight excluding hydrogens is 276 g/mol. The molecule has 6 heteroatoms. The molecule has 0 bridgehead atoms. The lowest BCUT2D eigenvalue weighted by Crippen LogP contribution is -2.46. The van der Waals surface area contributed by atoms with Crippen LogP contribution in [0.3, 0.4) is 0 Å². The predicted molar refractivity (Wildman–Crippen MR) is 87.0 cm³/mol. The number of hydrogen-bond donors (Lipinski definition) is 2. The van der Waals surface area contributed by atoms with Gasteiger partial charge in [-0.25, -0.2) is 9.97 Å². The summed E-state index contributed by atoms with van der Waals surface area (Å²) < 4.78 is 0. The number of nitrogen functional groups attached to an aromatic ring is 1. The first-order valence-electron chi connectivity index (χ1n) is 7.40. The van der Waals surface area contributed by atoms with Crippen LogP contribution in [0, 0.1) is 5.41 Å². The zero-order valence-corrected chi connectivity index (χ0v) is 12.4. The van der Waals surface area contributed by atoms with E-state index in [2.05, 4.69) is 19.8 Å². The summed E-state index contributed by atoms with van der Waals surface area (Å²) in [6.45, 7) is 4.78.